The van der Waals surface area contributed by atoms with E-state index in [4.69, 9.17) is 15.3 Å². The topological polar surface area (TPSA) is 95.7 Å². The molecule has 0 aliphatic rings. The molecule has 0 spiro atoms. The summed E-state index contributed by atoms with van der Waals surface area (Å²) in [7, 11) is 0. The first-order chi connectivity index (χ1) is 8.74. The van der Waals surface area contributed by atoms with Gasteiger partial charge in [-0.2, -0.15) is 0 Å². The molecule has 6 N–H and O–H groups in total. The molecule has 0 rings (SSSR count). The van der Waals surface area contributed by atoms with Gasteiger partial charge in [0.25, 0.3) is 0 Å². The lowest BCUT2D eigenvalue weighted by Crippen LogP contribution is -1.78. The minimum absolute atomic E-state index is 0. The van der Waals surface area contributed by atoms with Gasteiger partial charge in [-0.1, -0.05) is 59.3 Å². The molecule has 0 fully saturated rings. The average molecular weight is 281 g/mol. The molecule has 19 heavy (non-hydrogen) atoms. The molecule has 0 amide bonds. The second-order valence-electron chi connectivity index (χ2n) is 4.29. The quantitative estimate of drug-likeness (QED) is 0.485. The van der Waals surface area contributed by atoms with E-state index in [1.165, 1.54) is 19.3 Å². The summed E-state index contributed by atoms with van der Waals surface area (Å²) in [4.78, 5) is 0. The Morgan fingerprint density at radius 2 is 0.684 bits per heavy atom. The van der Waals surface area contributed by atoms with Crippen molar-refractivity contribution in [2.45, 2.75) is 78.6 Å². The van der Waals surface area contributed by atoms with E-state index >= 15 is 0 Å². The maximum absolute atomic E-state index is 8.20. The molecule has 0 heterocycles. The lowest BCUT2D eigenvalue weighted by Gasteiger charge is -1.85. The highest BCUT2D eigenvalue weighted by atomic mass is 16.3. The second kappa shape index (κ2) is 36.1. The lowest BCUT2D eigenvalue weighted by atomic mass is 10.3. The van der Waals surface area contributed by atoms with Crippen LogP contribution in [-0.2, 0) is 0 Å². The van der Waals surface area contributed by atoms with Crippen LogP contribution in [0.2, 0.25) is 0 Å². The van der Waals surface area contributed by atoms with E-state index in [2.05, 4.69) is 20.8 Å². The van der Waals surface area contributed by atoms with E-state index in [1.807, 2.05) is 0 Å². The monoisotopic (exact) mass is 281 g/mol. The summed E-state index contributed by atoms with van der Waals surface area (Å²) < 4.78 is 0. The van der Waals surface area contributed by atoms with Crippen LogP contribution >= 0.6 is 0 Å². The lowest BCUT2D eigenvalue weighted by molar-refractivity contribution is 0.284. The largest absolute Gasteiger partial charge is 0.396 e. The van der Waals surface area contributed by atoms with Crippen LogP contribution in [0.5, 0.6) is 0 Å². The van der Waals surface area contributed by atoms with Crippen molar-refractivity contribution >= 4 is 0 Å². The van der Waals surface area contributed by atoms with Crippen LogP contribution in [0.4, 0.5) is 0 Å². The van der Waals surface area contributed by atoms with Crippen LogP contribution in [0.3, 0.4) is 0 Å². The van der Waals surface area contributed by atoms with Crippen molar-refractivity contribution in [3.8, 4) is 0 Å². The van der Waals surface area contributed by atoms with E-state index in [1.54, 1.807) is 0 Å². The summed E-state index contributed by atoms with van der Waals surface area (Å²) in [5.74, 6) is 0. The van der Waals surface area contributed by atoms with Gasteiger partial charge in [0.05, 0.1) is 0 Å². The molecule has 0 unspecified atom stereocenters. The Kier molecular flexibility index (Phi) is 51.7. The number of hydrogen-bond donors (Lipinski definition) is 4. The molecule has 4 heteroatoms. The number of rotatable bonds is 9. The van der Waals surface area contributed by atoms with Crippen LogP contribution in [0.15, 0.2) is 0 Å². The molecule has 122 valence electrons. The standard InChI is InChI=1S/3C5H12O.H3N/c3*1-2-3-4-5-6;/h3*6H,2-5H2,1H3;1H3. The van der Waals surface area contributed by atoms with Crippen molar-refractivity contribution in [3.05, 3.63) is 0 Å². The predicted octanol–water partition coefficient (Wildman–Crippen LogP) is 3.67. The zero-order chi connectivity index (χ0) is 14.5. The summed E-state index contributed by atoms with van der Waals surface area (Å²) in [6.07, 6.45) is 9.98. The van der Waals surface area contributed by atoms with Crippen molar-refractivity contribution in [2.24, 2.45) is 0 Å². The molecule has 0 bridgehead atoms. The Morgan fingerprint density at radius 1 is 0.474 bits per heavy atom. The van der Waals surface area contributed by atoms with Crippen LogP contribution in [0.1, 0.15) is 78.6 Å². The highest BCUT2D eigenvalue weighted by molar-refractivity contribution is 4.31. The fourth-order valence-corrected chi connectivity index (χ4v) is 1.09. The third-order valence-corrected chi connectivity index (χ3v) is 2.29. The van der Waals surface area contributed by atoms with Gasteiger partial charge in [-0.05, 0) is 19.3 Å². The Bertz CT molecular complexity index is 72.4. The molecule has 0 atom stereocenters. The van der Waals surface area contributed by atoms with Gasteiger partial charge in [-0.15, -0.1) is 0 Å². The van der Waals surface area contributed by atoms with Gasteiger partial charge < -0.3 is 21.5 Å². The summed E-state index contributed by atoms with van der Waals surface area (Å²) in [5, 5.41) is 24.6. The van der Waals surface area contributed by atoms with E-state index in [0.717, 1.165) is 38.5 Å². The van der Waals surface area contributed by atoms with Crippen molar-refractivity contribution in [3.63, 3.8) is 0 Å². The molecular formula is C15H39NO3. The van der Waals surface area contributed by atoms with Crippen LogP contribution in [0.25, 0.3) is 0 Å². The van der Waals surface area contributed by atoms with Crippen LogP contribution in [-0.4, -0.2) is 35.1 Å². The zero-order valence-electron chi connectivity index (χ0n) is 13.5. The number of aliphatic hydroxyl groups is 3. The molecule has 0 saturated heterocycles. The van der Waals surface area contributed by atoms with Gasteiger partial charge >= 0.3 is 0 Å². The van der Waals surface area contributed by atoms with E-state index in [9.17, 15) is 0 Å². The molecule has 0 aliphatic carbocycles. The maximum atomic E-state index is 8.20. The Hall–Kier alpha value is -0.160. The molecule has 0 saturated carbocycles. The predicted molar refractivity (Wildman–Crippen MR) is 84.9 cm³/mol. The van der Waals surface area contributed by atoms with Crippen LogP contribution in [0, 0.1) is 0 Å². The molecule has 4 nitrogen and oxygen atoms in total. The van der Waals surface area contributed by atoms with Gasteiger partial charge in [0.1, 0.15) is 0 Å². The molecule has 0 aliphatic heterocycles. The average Bonchev–Trinajstić information content (AvgIpc) is 2.42. The maximum Gasteiger partial charge on any atom is 0.0431 e. The zero-order valence-corrected chi connectivity index (χ0v) is 13.5. The first kappa shape index (κ1) is 27.2. The van der Waals surface area contributed by atoms with Gasteiger partial charge in [-0.25, -0.2) is 0 Å². The van der Waals surface area contributed by atoms with E-state index in [-0.39, 0.29) is 6.15 Å². The Labute approximate surface area is 120 Å². The fraction of sp³-hybridized carbons (Fsp3) is 1.00. The smallest absolute Gasteiger partial charge is 0.0431 e. The fourth-order valence-electron chi connectivity index (χ4n) is 1.09. The molecule has 0 aromatic heterocycles. The minimum Gasteiger partial charge on any atom is -0.396 e. The van der Waals surface area contributed by atoms with Crippen molar-refractivity contribution in [2.75, 3.05) is 19.8 Å². The Balaban J connectivity index is -0.0000000865. The third-order valence-electron chi connectivity index (χ3n) is 2.29. The highest BCUT2D eigenvalue weighted by Crippen LogP contribution is 1.90. The third kappa shape index (κ3) is 57.3. The molecule has 0 radical (unpaired) electrons. The number of hydrogen-bond acceptors (Lipinski definition) is 4. The van der Waals surface area contributed by atoms with E-state index < -0.39 is 0 Å². The van der Waals surface area contributed by atoms with Crippen LogP contribution < -0.4 is 6.15 Å². The van der Waals surface area contributed by atoms with Gasteiger partial charge in [0, 0.05) is 19.8 Å². The van der Waals surface area contributed by atoms with Crippen molar-refractivity contribution in [1.29, 1.82) is 0 Å². The second-order valence-corrected chi connectivity index (χ2v) is 4.29. The highest BCUT2D eigenvalue weighted by Gasteiger charge is 1.77. The Morgan fingerprint density at radius 3 is 0.737 bits per heavy atom. The molecular weight excluding hydrogens is 242 g/mol. The minimum atomic E-state index is 0. The summed E-state index contributed by atoms with van der Waals surface area (Å²) >= 11 is 0. The first-order valence-electron chi connectivity index (χ1n) is 7.57. The van der Waals surface area contributed by atoms with Gasteiger partial charge in [-0.3, -0.25) is 0 Å². The van der Waals surface area contributed by atoms with Crippen molar-refractivity contribution in [1.82, 2.24) is 6.15 Å². The first-order valence-corrected chi connectivity index (χ1v) is 7.57. The van der Waals surface area contributed by atoms with Gasteiger partial charge in [0.2, 0.25) is 0 Å². The van der Waals surface area contributed by atoms with E-state index in [0.29, 0.717) is 19.8 Å². The summed E-state index contributed by atoms with van der Waals surface area (Å²) in [5.41, 5.74) is 0. The molecule has 0 aromatic carbocycles. The SMILES string of the molecule is CCCCCO.CCCCCO.CCCCCO.N. The van der Waals surface area contributed by atoms with Gasteiger partial charge in [0.15, 0.2) is 0 Å². The number of aliphatic hydroxyl groups excluding tert-OH is 3. The summed E-state index contributed by atoms with van der Waals surface area (Å²) in [6, 6.07) is 0. The molecule has 0 aromatic rings. The van der Waals surface area contributed by atoms with Crippen molar-refractivity contribution < 1.29 is 15.3 Å². The number of unbranched alkanes of at least 4 members (excludes halogenated alkanes) is 6. The normalized spacial score (nSPS) is 8.53. The summed E-state index contributed by atoms with van der Waals surface area (Å²) in [6.45, 7) is 7.43.